The predicted molar refractivity (Wildman–Crippen MR) is 70.4 cm³/mol. The summed E-state index contributed by atoms with van der Waals surface area (Å²) >= 11 is 0. The Morgan fingerprint density at radius 1 is 1.44 bits per heavy atom. The maximum absolute atomic E-state index is 13.9. The average Bonchev–Trinajstić information content (AvgIpc) is 2.26. The molecule has 2 heteroatoms. The Morgan fingerprint density at radius 3 is 2.44 bits per heavy atom. The largest absolute Gasteiger partial charge is 0.319 e. The molecule has 0 rings (SSSR count). The number of hydrogen-bond donors (Lipinski definition) is 1. The Balaban J connectivity index is 4.53. The van der Waals surface area contributed by atoms with Crippen molar-refractivity contribution in [3.8, 4) is 0 Å². The van der Waals surface area contributed by atoms with E-state index in [0.717, 1.165) is 19.3 Å². The van der Waals surface area contributed by atoms with E-state index in [-0.39, 0.29) is 5.92 Å². The fourth-order valence-corrected chi connectivity index (χ4v) is 1.94. The summed E-state index contributed by atoms with van der Waals surface area (Å²) < 4.78 is 13.9. The van der Waals surface area contributed by atoms with Crippen molar-refractivity contribution in [2.24, 2.45) is 5.92 Å². The molecule has 0 fully saturated rings. The maximum Gasteiger partial charge on any atom is 0.125 e. The Hall–Kier alpha value is -0.630. The van der Waals surface area contributed by atoms with Crippen LogP contribution in [-0.2, 0) is 0 Å². The molecule has 94 valence electrons. The van der Waals surface area contributed by atoms with Crippen LogP contribution in [0.1, 0.15) is 40.0 Å². The Bertz CT molecular complexity index is 233. The lowest BCUT2D eigenvalue weighted by molar-refractivity contribution is 0.259. The van der Waals surface area contributed by atoms with Crippen LogP contribution in [-0.4, -0.2) is 19.8 Å². The number of nitrogens with one attached hydrogen (secondary N) is 1. The zero-order valence-electron chi connectivity index (χ0n) is 11.1. The molecule has 0 amide bonds. The molecule has 0 aromatic heterocycles. The van der Waals surface area contributed by atoms with E-state index in [0.29, 0.717) is 12.1 Å². The molecule has 16 heavy (non-hydrogen) atoms. The van der Waals surface area contributed by atoms with E-state index in [9.17, 15) is 4.39 Å². The second-order valence-electron chi connectivity index (χ2n) is 4.39. The van der Waals surface area contributed by atoms with Crippen molar-refractivity contribution in [3.63, 3.8) is 0 Å². The third-order valence-corrected chi connectivity index (χ3v) is 2.82. The number of hydrogen-bond acceptors (Lipinski definition) is 1. The van der Waals surface area contributed by atoms with E-state index >= 15 is 0 Å². The van der Waals surface area contributed by atoms with Crippen LogP contribution < -0.4 is 5.32 Å². The fraction of sp³-hybridized carbons (Fsp3) is 0.714. The minimum absolute atomic E-state index is 0.0141. The maximum atomic E-state index is 13.9. The topological polar surface area (TPSA) is 12.0 Å². The van der Waals surface area contributed by atoms with Crippen molar-refractivity contribution in [2.75, 3.05) is 13.6 Å². The minimum atomic E-state index is -0.903. The van der Waals surface area contributed by atoms with Crippen molar-refractivity contribution < 1.29 is 4.39 Å². The summed E-state index contributed by atoms with van der Waals surface area (Å²) in [5, 5.41) is 3.07. The van der Waals surface area contributed by atoms with Gasteiger partial charge in [0.1, 0.15) is 6.17 Å². The van der Waals surface area contributed by atoms with Crippen molar-refractivity contribution in [1.82, 2.24) is 5.32 Å². The summed E-state index contributed by atoms with van der Waals surface area (Å²) in [4.78, 5) is 0. The van der Waals surface area contributed by atoms with Crippen LogP contribution in [0.3, 0.4) is 0 Å². The van der Waals surface area contributed by atoms with Crippen molar-refractivity contribution in [3.05, 3.63) is 23.8 Å². The Morgan fingerprint density at radius 2 is 2.06 bits per heavy atom. The molecule has 1 N–H and O–H groups in total. The van der Waals surface area contributed by atoms with E-state index in [1.807, 2.05) is 7.05 Å². The van der Waals surface area contributed by atoms with Gasteiger partial charge in [0, 0.05) is 12.5 Å². The van der Waals surface area contributed by atoms with Gasteiger partial charge in [-0.1, -0.05) is 32.1 Å². The van der Waals surface area contributed by atoms with Gasteiger partial charge in [0.25, 0.3) is 0 Å². The molecule has 1 nitrogen and oxygen atoms in total. The normalized spacial score (nSPS) is 15.9. The molecule has 2 atom stereocenters. The lowest BCUT2D eigenvalue weighted by Gasteiger charge is -2.22. The highest BCUT2D eigenvalue weighted by Crippen LogP contribution is 2.23. The second kappa shape index (κ2) is 8.51. The summed E-state index contributed by atoms with van der Waals surface area (Å²) in [5.41, 5.74) is 1.99. The van der Waals surface area contributed by atoms with Crippen LogP contribution in [0, 0.1) is 5.92 Å². The van der Waals surface area contributed by atoms with Crippen molar-refractivity contribution in [2.45, 2.75) is 46.2 Å². The predicted octanol–water partition coefficient (Wildman–Crippen LogP) is 3.87. The minimum Gasteiger partial charge on any atom is -0.319 e. The molecule has 0 aliphatic carbocycles. The van der Waals surface area contributed by atoms with Gasteiger partial charge in [-0.25, -0.2) is 4.39 Å². The number of rotatable bonds is 8. The van der Waals surface area contributed by atoms with Crippen LogP contribution in [0.2, 0.25) is 0 Å². The van der Waals surface area contributed by atoms with E-state index < -0.39 is 6.17 Å². The zero-order chi connectivity index (χ0) is 12.6. The van der Waals surface area contributed by atoms with E-state index in [1.54, 1.807) is 6.92 Å². The number of halogens is 1. The molecule has 0 aliphatic heterocycles. The van der Waals surface area contributed by atoms with Gasteiger partial charge in [-0.15, -0.1) is 0 Å². The molecule has 0 aliphatic rings. The van der Waals surface area contributed by atoms with Gasteiger partial charge in [0.15, 0.2) is 0 Å². The first-order valence-corrected chi connectivity index (χ1v) is 6.18. The number of allylic oxidation sites excluding steroid dienone is 3. The molecule has 0 bridgehead atoms. The highest BCUT2D eigenvalue weighted by molar-refractivity contribution is 5.08. The van der Waals surface area contributed by atoms with Crippen LogP contribution in [0.25, 0.3) is 0 Å². The van der Waals surface area contributed by atoms with Gasteiger partial charge in [-0.3, -0.25) is 0 Å². The third-order valence-electron chi connectivity index (χ3n) is 2.82. The summed E-state index contributed by atoms with van der Waals surface area (Å²) in [6.07, 6.45) is 4.18. The second-order valence-corrected chi connectivity index (χ2v) is 4.39. The summed E-state index contributed by atoms with van der Waals surface area (Å²) in [6, 6.07) is 0. The molecular formula is C14H26FN. The van der Waals surface area contributed by atoms with Crippen LogP contribution in [0.15, 0.2) is 23.8 Å². The molecule has 0 radical (unpaired) electrons. The Labute approximate surface area is 99.8 Å². The first-order chi connectivity index (χ1) is 7.56. The molecule has 0 aromatic rings. The van der Waals surface area contributed by atoms with Gasteiger partial charge in [-0.2, -0.15) is 0 Å². The fourth-order valence-electron chi connectivity index (χ4n) is 1.94. The van der Waals surface area contributed by atoms with E-state index in [4.69, 9.17) is 0 Å². The lowest BCUT2D eigenvalue weighted by atomic mass is 9.90. The van der Waals surface area contributed by atoms with Gasteiger partial charge < -0.3 is 5.32 Å². The van der Waals surface area contributed by atoms with Crippen LogP contribution >= 0.6 is 0 Å². The highest BCUT2D eigenvalue weighted by atomic mass is 19.1. The number of alkyl halides is 1. The molecule has 2 unspecified atom stereocenters. The Kier molecular flexibility index (Phi) is 8.18. The van der Waals surface area contributed by atoms with Gasteiger partial charge in [0.2, 0.25) is 0 Å². The molecule has 0 saturated carbocycles. The van der Waals surface area contributed by atoms with Crippen LogP contribution in [0.4, 0.5) is 4.39 Å². The van der Waals surface area contributed by atoms with Gasteiger partial charge >= 0.3 is 0 Å². The van der Waals surface area contributed by atoms with E-state index in [1.165, 1.54) is 5.57 Å². The first kappa shape index (κ1) is 15.4. The van der Waals surface area contributed by atoms with Crippen LogP contribution in [0.5, 0.6) is 0 Å². The third kappa shape index (κ3) is 5.45. The monoisotopic (exact) mass is 227 g/mol. The highest BCUT2D eigenvalue weighted by Gasteiger charge is 2.21. The average molecular weight is 227 g/mol. The molecule has 0 saturated heterocycles. The standard InChI is InChI=1S/C14H26FN/c1-6-8-12(7-2)9-13(10-16-5)14(15)11(3)4/h8,13-14,16H,3,6-7,9-10H2,1-2,4-5H3. The molecule has 0 heterocycles. The molecular weight excluding hydrogens is 201 g/mol. The first-order valence-electron chi connectivity index (χ1n) is 6.18. The van der Waals surface area contributed by atoms with E-state index in [2.05, 4.69) is 31.8 Å². The van der Waals surface area contributed by atoms with Gasteiger partial charge in [-0.05, 0) is 38.8 Å². The molecule has 0 aromatic carbocycles. The van der Waals surface area contributed by atoms with Crippen molar-refractivity contribution in [1.29, 1.82) is 0 Å². The summed E-state index contributed by atoms with van der Waals surface area (Å²) in [6.45, 7) is 10.4. The summed E-state index contributed by atoms with van der Waals surface area (Å²) in [5.74, 6) is 0.0141. The zero-order valence-corrected chi connectivity index (χ0v) is 11.1. The van der Waals surface area contributed by atoms with Crippen molar-refractivity contribution >= 4 is 0 Å². The lowest BCUT2D eigenvalue weighted by Crippen LogP contribution is -2.28. The summed E-state index contributed by atoms with van der Waals surface area (Å²) in [7, 11) is 1.87. The quantitative estimate of drug-likeness (QED) is 0.621. The van der Waals surface area contributed by atoms with Gasteiger partial charge in [0.05, 0.1) is 0 Å². The smallest absolute Gasteiger partial charge is 0.125 e. The molecule has 0 spiro atoms. The SMILES string of the molecule is C=C(C)C(F)C(CNC)CC(=CCC)CC.